The van der Waals surface area contributed by atoms with Crippen molar-refractivity contribution in [3.63, 3.8) is 0 Å². The smallest absolute Gasteiger partial charge is 0.251 e. The summed E-state index contributed by atoms with van der Waals surface area (Å²) in [5.74, 6) is 0.0456. The zero-order valence-corrected chi connectivity index (χ0v) is 12.2. The van der Waals surface area contributed by atoms with E-state index < -0.39 is 0 Å². The standard InChI is InChI=1S/C15H15N3O2S/c19-13(8-16-14(20)11-4-2-1-3-5-11)18-15-17-12(9-21-15)10-6-7-10/h1-5,9-10H,6-8H2,(H,16,20)(H,17,18,19). The second-order valence-electron chi connectivity index (χ2n) is 4.95. The van der Waals surface area contributed by atoms with Crippen LogP contribution >= 0.6 is 11.3 Å². The number of carbonyl (C=O) groups excluding carboxylic acids is 2. The molecule has 1 heterocycles. The molecule has 21 heavy (non-hydrogen) atoms. The van der Waals surface area contributed by atoms with Crippen LogP contribution in [-0.4, -0.2) is 23.3 Å². The molecule has 108 valence electrons. The Bertz CT molecular complexity index is 650. The van der Waals surface area contributed by atoms with E-state index in [0.717, 1.165) is 5.69 Å². The lowest BCUT2D eigenvalue weighted by molar-refractivity contribution is -0.115. The molecule has 3 rings (SSSR count). The second-order valence-corrected chi connectivity index (χ2v) is 5.81. The highest BCUT2D eigenvalue weighted by Gasteiger charge is 2.26. The van der Waals surface area contributed by atoms with Crippen LogP contribution < -0.4 is 10.6 Å². The maximum atomic E-state index is 11.8. The number of benzene rings is 1. The van der Waals surface area contributed by atoms with Gasteiger partial charge in [-0.25, -0.2) is 4.98 Å². The van der Waals surface area contributed by atoms with Gasteiger partial charge in [0.1, 0.15) is 0 Å². The lowest BCUT2D eigenvalue weighted by Crippen LogP contribution is -2.32. The minimum Gasteiger partial charge on any atom is -0.343 e. The summed E-state index contributed by atoms with van der Waals surface area (Å²) in [4.78, 5) is 28.0. The summed E-state index contributed by atoms with van der Waals surface area (Å²) in [5.41, 5.74) is 1.60. The molecule has 0 bridgehead atoms. The zero-order valence-electron chi connectivity index (χ0n) is 11.3. The zero-order chi connectivity index (χ0) is 14.7. The van der Waals surface area contributed by atoms with Crippen molar-refractivity contribution in [2.24, 2.45) is 0 Å². The number of carbonyl (C=O) groups is 2. The Morgan fingerprint density at radius 2 is 2.00 bits per heavy atom. The normalized spacial score (nSPS) is 13.7. The Kier molecular flexibility index (Phi) is 3.96. The first-order valence-electron chi connectivity index (χ1n) is 6.81. The second kappa shape index (κ2) is 6.05. The molecular weight excluding hydrogens is 286 g/mol. The quantitative estimate of drug-likeness (QED) is 0.890. The fourth-order valence-electron chi connectivity index (χ4n) is 1.93. The van der Waals surface area contributed by atoms with Crippen LogP contribution in [0.2, 0.25) is 0 Å². The molecule has 2 N–H and O–H groups in total. The van der Waals surface area contributed by atoms with Gasteiger partial charge in [-0.2, -0.15) is 0 Å². The Balaban J connectivity index is 1.48. The third-order valence-electron chi connectivity index (χ3n) is 3.21. The van der Waals surface area contributed by atoms with Crippen molar-refractivity contribution in [1.29, 1.82) is 0 Å². The van der Waals surface area contributed by atoms with Crippen LogP contribution in [0.4, 0.5) is 5.13 Å². The number of thiazole rings is 1. The van der Waals surface area contributed by atoms with Crippen LogP contribution in [0.1, 0.15) is 34.8 Å². The molecule has 1 aromatic heterocycles. The third kappa shape index (κ3) is 3.66. The summed E-state index contributed by atoms with van der Waals surface area (Å²) in [5, 5.41) is 7.87. The highest BCUT2D eigenvalue weighted by molar-refractivity contribution is 7.13. The van der Waals surface area contributed by atoms with Gasteiger partial charge in [0.05, 0.1) is 12.2 Å². The number of hydrogen-bond acceptors (Lipinski definition) is 4. The summed E-state index contributed by atoms with van der Waals surface area (Å²) in [7, 11) is 0. The monoisotopic (exact) mass is 301 g/mol. The predicted octanol–water partition coefficient (Wildman–Crippen LogP) is 2.39. The molecule has 1 aromatic carbocycles. The van der Waals surface area contributed by atoms with Gasteiger partial charge in [0.2, 0.25) is 5.91 Å². The van der Waals surface area contributed by atoms with Crippen molar-refractivity contribution in [3.8, 4) is 0 Å². The maximum Gasteiger partial charge on any atom is 0.251 e. The van der Waals surface area contributed by atoms with Gasteiger partial charge in [0.25, 0.3) is 5.91 Å². The molecule has 0 atom stereocenters. The highest BCUT2D eigenvalue weighted by atomic mass is 32.1. The molecule has 1 fully saturated rings. The summed E-state index contributed by atoms with van der Waals surface area (Å²) >= 11 is 1.42. The van der Waals surface area contributed by atoms with Crippen LogP contribution in [0, 0.1) is 0 Å². The highest BCUT2D eigenvalue weighted by Crippen LogP contribution is 2.40. The van der Waals surface area contributed by atoms with Crippen molar-refractivity contribution >= 4 is 28.3 Å². The average molecular weight is 301 g/mol. The van der Waals surface area contributed by atoms with Gasteiger partial charge >= 0.3 is 0 Å². The van der Waals surface area contributed by atoms with Gasteiger partial charge in [-0.05, 0) is 25.0 Å². The van der Waals surface area contributed by atoms with Crippen LogP contribution in [0.3, 0.4) is 0 Å². The van der Waals surface area contributed by atoms with E-state index in [1.165, 1.54) is 24.2 Å². The molecular formula is C15H15N3O2S. The Morgan fingerprint density at radius 3 is 2.71 bits per heavy atom. The number of aromatic nitrogens is 1. The van der Waals surface area contributed by atoms with E-state index in [9.17, 15) is 9.59 Å². The van der Waals surface area contributed by atoms with Crippen LogP contribution in [0.5, 0.6) is 0 Å². The van der Waals surface area contributed by atoms with Gasteiger partial charge < -0.3 is 10.6 Å². The molecule has 1 saturated carbocycles. The van der Waals surface area contributed by atoms with E-state index in [0.29, 0.717) is 16.6 Å². The number of nitrogens with one attached hydrogen (secondary N) is 2. The molecule has 1 aliphatic carbocycles. The minimum absolute atomic E-state index is 0.0634. The first-order valence-corrected chi connectivity index (χ1v) is 7.69. The van der Waals surface area contributed by atoms with Crippen LogP contribution in [-0.2, 0) is 4.79 Å². The van der Waals surface area contributed by atoms with Crippen LogP contribution in [0.15, 0.2) is 35.7 Å². The number of rotatable bonds is 5. The van der Waals surface area contributed by atoms with Gasteiger partial charge in [-0.1, -0.05) is 18.2 Å². The van der Waals surface area contributed by atoms with E-state index in [-0.39, 0.29) is 18.4 Å². The molecule has 6 heteroatoms. The third-order valence-corrected chi connectivity index (χ3v) is 3.99. The van der Waals surface area contributed by atoms with E-state index in [1.807, 2.05) is 11.4 Å². The molecule has 0 spiro atoms. The van der Waals surface area contributed by atoms with Crippen molar-refractivity contribution < 1.29 is 9.59 Å². The largest absolute Gasteiger partial charge is 0.343 e. The topological polar surface area (TPSA) is 71.1 Å². The lowest BCUT2D eigenvalue weighted by atomic mass is 10.2. The number of anilines is 1. The molecule has 0 aliphatic heterocycles. The van der Waals surface area contributed by atoms with E-state index in [4.69, 9.17) is 0 Å². The fraction of sp³-hybridized carbons (Fsp3) is 0.267. The van der Waals surface area contributed by atoms with Gasteiger partial charge in [-0.15, -0.1) is 11.3 Å². The molecule has 0 saturated heterocycles. The minimum atomic E-state index is -0.268. The fourth-order valence-corrected chi connectivity index (χ4v) is 2.73. The van der Waals surface area contributed by atoms with Crippen molar-refractivity contribution in [2.75, 3.05) is 11.9 Å². The Morgan fingerprint density at radius 1 is 1.24 bits per heavy atom. The molecule has 2 aromatic rings. The Hall–Kier alpha value is -2.21. The SMILES string of the molecule is O=C(CNC(=O)c1ccccc1)Nc1nc(C2CC2)cs1. The molecule has 0 radical (unpaired) electrons. The average Bonchev–Trinajstić information content (AvgIpc) is 3.26. The predicted molar refractivity (Wildman–Crippen MR) is 81.5 cm³/mol. The summed E-state index contributed by atoms with van der Waals surface area (Å²) in [6.07, 6.45) is 2.37. The van der Waals surface area contributed by atoms with E-state index >= 15 is 0 Å². The number of nitrogens with zero attached hydrogens (tertiary/aromatic N) is 1. The van der Waals surface area contributed by atoms with Crippen molar-refractivity contribution in [1.82, 2.24) is 10.3 Å². The first kappa shape index (κ1) is 13.8. The summed E-state index contributed by atoms with van der Waals surface area (Å²) < 4.78 is 0. The van der Waals surface area contributed by atoms with E-state index in [1.54, 1.807) is 24.3 Å². The lowest BCUT2D eigenvalue weighted by Gasteiger charge is -2.04. The molecule has 2 amide bonds. The molecule has 1 aliphatic rings. The first-order chi connectivity index (χ1) is 10.2. The molecule has 0 unspecified atom stereocenters. The summed E-state index contributed by atoms with van der Waals surface area (Å²) in [6.45, 7) is -0.0634. The maximum absolute atomic E-state index is 11.8. The number of hydrogen-bond donors (Lipinski definition) is 2. The van der Waals surface area contributed by atoms with Crippen molar-refractivity contribution in [3.05, 3.63) is 47.0 Å². The number of amides is 2. The summed E-state index contributed by atoms with van der Waals surface area (Å²) in [6, 6.07) is 8.81. The van der Waals surface area contributed by atoms with Crippen molar-refractivity contribution in [2.45, 2.75) is 18.8 Å². The van der Waals surface area contributed by atoms with Gasteiger partial charge in [-0.3, -0.25) is 9.59 Å². The van der Waals surface area contributed by atoms with Gasteiger partial charge in [0.15, 0.2) is 5.13 Å². The van der Waals surface area contributed by atoms with Gasteiger partial charge in [0, 0.05) is 16.9 Å². The molecule has 5 nitrogen and oxygen atoms in total. The van der Waals surface area contributed by atoms with Crippen LogP contribution in [0.25, 0.3) is 0 Å². The van der Waals surface area contributed by atoms with E-state index in [2.05, 4.69) is 15.6 Å². The Labute approximate surface area is 126 Å².